The molecular weight excluding hydrogens is 428 g/mol. The van der Waals surface area contributed by atoms with Gasteiger partial charge in [-0.2, -0.15) is 4.98 Å². The molecule has 3 heterocycles. The average Bonchev–Trinajstić information content (AvgIpc) is 3.33. The molecule has 2 aliphatic rings. The molecule has 0 saturated heterocycles. The molecule has 12 heteroatoms. The number of methoxy groups -OCH3 is 1. The second-order valence-electron chi connectivity index (χ2n) is 7.12. The summed E-state index contributed by atoms with van der Waals surface area (Å²) in [6, 6.07) is 6.58. The van der Waals surface area contributed by atoms with Crippen LogP contribution < -0.4 is 15.4 Å². The van der Waals surface area contributed by atoms with Crippen molar-refractivity contribution >= 4 is 24.2 Å². The molecule has 2 aromatic rings. The molecule has 0 saturated carbocycles. The maximum atomic E-state index is 12.1. The van der Waals surface area contributed by atoms with Crippen LogP contribution in [0.4, 0.5) is 0 Å². The van der Waals surface area contributed by atoms with Crippen LogP contribution in [0.15, 0.2) is 60.5 Å². The van der Waals surface area contributed by atoms with Gasteiger partial charge in [-0.15, -0.1) is 10.2 Å². The fourth-order valence-corrected chi connectivity index (χ4v) is 3.13. The predicted octanol–water partition coefficient (Wildman–Crippen LogP) is 1.46. The molecule has 2 amide bonds. The number of nitrogens with zero attached hydrogens (tertiary/aromatic N) is 6. The third kappa shape index (κ3) is 5.53. The van der Waals surface area contributed by atoms with Gasteiger partial charge >= 0.3 is 0 Å². The van der Waals surface area contributed by atoms with Crippen LogP contribution in [0.5, 0.6) is 5.75 Å². The van der Waals surface area contributed by atoms with E-state index in [1.807, 2.05) is 24.3 Å². The van der Waals surface area contributed by atoms with Crippen LogP contribution in [-0.4, -0.2) is 60.6 Å². The second kappa shape index (κ2) is 10.4. The first-order valence-corrected chi connectivity index (χ1v) is 10.4. The van der Waals surface area contributed by atoms with Gasteiger partial charge in [0.2, 0.25) is 17.6 Å². The molecule has 1 aromatic heterocycles. The van der Waals surface area contributed by atoms with E-state index in [-0.39, 0.29) is 12.3 Å². The van der Waals surface area contributed by atoms with Crippen LogP contribution in [0.1, 0.15) is 18.7 Å². The lowest BCUT2D eigenvalue weighted by Crippen LogP contribution is -2.31. The fourth-order valence-electron chi connectivity index (χ4n) is 3.13. The molecule has 0 bridgehead atoms. The van der Waals surface area contributed by atoms with Crippen molar-refractivity contribution in [3.8, 4) is 17.1 Å². The maximum absolute atomic E-state index is 12.1. The topological polar surface area (TPSA) is 156 Å². The number of carbonyl (C=O) groups excluding carboxylic acids is 2. The Balaban J connectivity index is 1.16. The summed E-state index contributed by atoms with van der Waals surface area (Å²) in [5.41, 5.74) is 1.26. The van der Waals surface area contributed by atoms with E-state index in [4.69, 9.17) is 9.26 Å². The van der Waals surface area contributed by atoms with Crippen LogP contribution in [-0.2, 0) is 16.0 Å². The number of ether oxygens (including phenoxy) is 1. The van der Waals surface area contributed by atoms with Crippen molar-refractivity contribution in [1.29, 1.82) is 0 Å². The van der Waals surface area contributed by atoms with Crippen LogP contribution in [0.2, 0.25) is 0 Å². The number of amides is 2. The highest BCUT2D eigenvalue weighted by molar-refractivity contribution is 6.18. The molecule has 1 atom stereocenters. The molecule has 2 N–H and O–H groups in total. The number of hydrogen-bond acceptors (Lipinski definition) is 10. The zero-order chi connectivity index (χ0) is 23.0. The van der Waals surface area contributed by atoms with Gasteiger partial charge in [-0.1, -0.05) is 5.16 Å². The van der Waals surface area contributed by atoms with E-state index in [2.05, 4.69) is 41.0 Å². The number of rotatable bonds is 10. The standard InChI is InChI=1S/C21H22N8O4/c1-32-14-5-3-13(4-6-14)19-26-16(33-29-19)8-7-15(30)22-9-2-10-25-20-17-18(21(31)28-27-20)24-12-11-23-17/h3-6,11-12,18,25H,2,7-10H2,1H3,(H,22,30). The summed E-state index contributed by atoms with van der Waals surface area (Å²) in [5, 5.41) is 17.3. The summed E-state index contributed by atoms with van der Waals surface area (Å²) >= 11 is 0. The summed E-state index contributed by atoms with van der Waals surface area (Å²) in [4.78, 5) is 36.4. The minimum absolute atomic E-state index is 0.115. The molecule has 170 valence electrons. The van der Waals surface area contributed by atoms with E-state index in [1.165, 1.54) is 12.4 Å². The van der Waals surface area contributed by atoms with Gasteiger partial charge in [-0.3, -0.25) is 19.6 Å². The smallest absolute Gasteiger partial charge is 0.295 e. The SMILES string of the molecule is COc1ccc(-c2noc(CCC(=O)NCCCNC3=C4N=CC=NC4C(=O)N=N3)n2)cc1. The number of fused-ring (bicyclic) bond motifs is 1. The quantitative estimate of drug-likeness (QED) is 0.519. The number of nitrogens with one attached hydrogen (secondary N) is 2. The highest BCUT2D eigenvalue weighted by Gasteiger charge is 2.29. The van der Waals surface area contributed by atoms with E-state index >= 15 is 0 Å². The van der Waals surface area contributed by atoms with E-state index in [0.717, 1.165) is 11.3 Å². The first-order valence-electron chi connectivity index (χ1n) is 10.4. The molecule has 4 rings (SSSR count). The third-order valence-electron chi connectivity index (χ3n) is 4.85. The van der Waals surface area contributed by atoms with Crippen LogP contribution in [0.3, 0.4) is 0 Å². The minimum Gasteiger partial charge on any atom is -0.497 e. The Kier molecular flexibility index (Phi) is 6.93. The number of hydrogen-bond donors (Lipinski definition) is 2. The van der Waals surface area contributed by atoms with Gasteiger partial charge in [-0.25, -0.2) is 0 Å². The highest BCUT2D eigenvalue weighted by atomic mass is 16.5. The number of aromatic nitrogens is 2. The van der Waals surface area contributed by atoms with Gasteiger partial charge in [-0.05, 0) is 30.7 Å². The van der Waals surface area contributed by atoms with Crippen LogP contribution in [0.25, 0.3) is 11.4 Å². The zero-order valence-corrected chi connectivity index (χ0v) is 17.9. The summed E-state index contributed by atoms with van der Waals surface area (Å²) in [6.07, 6.45) is 4.20. The van der Waals surface area contributed by atoms with Gasteiger partial charge in [0.05, 0.1) is 7.11 Å². The number of aliphatic imine (C=N–C) groups is 2. The van der Waals surface area contributed by atoms with Crippen molar-refractivity contribution in [2.45, 2.75) is 25.3 Å². The Bertz CT molecular complexity index is 1130. The van der Waals surface area contributed by atoms with E-state index in [9.17, 15) is 9.59 Å². The highest BCUT2D eigenvalue weighted by Crippen LogP contribution is 2.22. The first-order chi connectivity index (χ1) is 16.1. The third-order valence-corrected chi connectivity index (χ3v) is 4.85. The van der Waals surface area contributed by atoms with E-state index < -0.39 is 11.9 Å². The molecule has 0 aliphatic carbocycles. The molecule has 0 spiro atoms. The maximum Gasteiger partial charge on any atom is 0.295 e. The average molecular weight is 450 g/mol. The van der Waals surface area contributed by atoms with Gasteiger partial charge in [0.1, 0.15) is 11.4 Å². The summed E-state index contributed by atoms with van der Waals surface area (Å²) in [7, 11) is 1.60. The van der Waals surface area contributed by atoms with E-state index in [1.54, 1.807) is 7.11 Å². The summed E-state index contributed by atoms with van der Waals surface area (Å²) < 4.78 is 10.4. The Labute approximate surface area is 188 Å². The molecule has 0 radical (unpaired) electrons. The number of carbonyl (C=O) groups is 2. The van der Waals surface area contributed by atoms with Gasteiger partial charge < -0.3 is 19.9 Å². The fraction of sp³-hybridized carbons (Fsp3) is 0.333. The Hall–Kier alpha value is -4.22. The van der Waals surface area contributed by atoms with Gasteiger partial charge in [0.25, 0.3) is 5.91 Å². The van der Waals surface area contributed by atoms with E-state index in [0.29, 0.717) is 49.2 Å². The second-order valence-corrected chi connectivity index (χ2v) is 7.12. The summed E-state index contributed by atoms with van der Waals surface area (Å²) in [6.45, 7) is 0.990. The molecule has 1 unspecified atom stereocenters. The van der Waals surface area contributed by atoms with Crippen molar-refractivity contribution in [2.24, 2.45) is 20.2 Å². The Morgan fingerprint density at radius 1 is 1.15 bits per heavy atom. The van der Waals surface area contributed by atoms with Crippen molar-refractivity contribution in [3.63, 3.8) is 0 Å². The molecule has 0 fully saturated rings. The predicted molar refractivity (Wildman–Crippen MR) is 118 cm³/mol. The zero-order valence-electron chi connectivity index (χ0n) is 17.9. The lowest BCUT2D eigenvalue weighted by atomic mass is 10.1. The van der Waals surface area contributed by atoms with Crippen molar-refractivity contribution < 1.29 is 18.8 Å². The minimum atomic E-state index is -0.732. The summed E-state index contributed by atoms with van der Waals surface area (Å²) in [5.74, 6) is 1.47. The molecule has 2 aliphatic heterocycles. The van der Waals surface area contributed by atoms with Crippen molar-refractivity contribution in [3.05, 3.63) is 41.7 Å². The first kappa shape index (κ1) is 22.0. The largest absolute Gasteiger partial charge is 0.497 e. The number of azo groups is 1. The van der Waals surface area contributed by atoms with Crippen molar-refractivity contribution in [2.75, 3.05) is 20.2 Å². The Morgan fingerprint density at radius 2 is 2.00 bits per heavy atom. The molecule has 33 heavy (non-hydrogen) atoms. The monoisotopic (exact) mass is 450 g/mol. The normalized spacial score (nSPS) is 16.6. The van der Waals surface area contributed by atoms with Gasteiger partial charge in [0.15, 0.2) is 11.9 Å². The van der Waals surface area contributed by atoms with Gasteiger partial charge in [0, 0.05) is 43.9 Å². The lowest BCUT2D eigenvalue weighted by Gasteiger charge is -2.18. The van der Waals surface area contributed by atoms with Crippen molar-refractivity contribution in [1.82, 2.24) is 20.8 Å². The number of aryl methyl sites for hydroxylation is 1. The molecular formula is C21H22N8O4. The molecule has 12 nitrogen and oxygen atoms in total. The molecule has 1 aromatic carbocycles. The van der Waals surface area contributed by atoms with Crippen LogP contribution in [0, 0.1) is 0 Å². The Morgan fingerprint density at radius 3 is 2.82 bits per heavy atom. The number of benzene rings is 1. The lowest BCUT2D eigenvalue weighted by molar-refractivity contribution is -0.121. The van der Waals surface area contributed by atoms with Crippen LogP contribution >= 0.6 is 0 Å².